The van der Waals surface area contributed by atoms with E-state index < -0.39 is 0 Å². The molecule has 0 unspecified atom stereocenters. The van der Waals surface area contributed by atoms with Gasteiger partial charge < -0.3 is 5.11 Å². The fourth-order valence-corrected chi connectivity index (χ4v) is 2.29. The number of nitrogens with zero attached hydrogens (tertiary/aromatic N) is 3. The molecule has 0 saturated heterocycles. The van der Waals surface area contributed by atoms with Crippen LogP contribution in [0.3, 0.4) is 0 Å². The summed E-state index contributed by atoms with van der Waals surface area (Å²) in [7, 11) is 0. The molecule has 0 spiro atoms. The van der Waals surface area contributed by atoms with E-state index in [-0.39, 0.29) is 5.88 Å². The lowest BCUT2D eigenvalue weighted by atomic mass is 10.0. The van der Waals surface area contributed by atoms with E-state index in [0.29, 0.717) is 17.4 Å². The highest BCUT2D eigenvalue weighted by Gasteiger charge is 2.07. The summed E-state index contributed by atoms with van der Waals surface area (Å²) in [6, 6.07) is 15.5. The van der Waals surface area contributed by atoms with Crippen LogP contribution in [0.1, 0.15) is 36.6 Å². The van der Waals surface area contributed by atoms with Crippen LogP contribution in [0.15, 0.2) is 54.7 Å². The summed E-state index contributed by atoms with van der Waals surface area (Å²) >= 11 is 0. The SMILES string of the molecule is CC(C)c1ccc(/C=C/c2cc(O)n(-c3ccccn3)n2)cc1. The van der Waals surface area contributed by atoms with Crippen LogP contribution in [0.2, 0.25) is 0 Å². The second-order valence-electron chi connectivity index (χ2n) is 5.68. The normalized spacial score (nSPS) is 11.4. The maximum absolute atomic E-state index is 10.0. The zero-order chi connectivity index (χ0) is 16.2. The number of pyridine rings is 1. The average Bonchev–Trinajstić information content (AvgIpc) is 2.95. The molecule has 4 heteroatoms. The Balaban J connectivity index is 1.80. The van der Waals surface area contributed by atoms with Crippen molar-refractivity contribution >= 4 is 12.2 Å². The number of aromatic hydroxyl groups is 1. The van der Waals surface area contributed by atoms with E-state index in [9.17, 15) is 5.11 Å². The molecular formula is C19H19N3O. The number of hydrogen-bond donors (Lipinski definition) is 1. The Morgan fingerprint density at radius 3 is 2.48 bits per heavy atom. The Morgan fingerprint density at radius 2 is 1.83 bits per heavy atom. The van der Waals surface area contributed by atoms with E-state index in [1.165, 1.54) is 10.2 Å². The number of rotatable bonds is 4. The minimum atomic E-state index is 0.0681. The predicted octanol–water partition coefficient (Wildman–Crippen LogP) is 4.27. The Labute approximate surface area is 135 Å². The van der Waals surface area contributed by atoms with E-state index in [1.807, 2.05) is 24.3 Å². The van der Waals surface area contributed by atoms with Crippen molar-refractivity contribution in [3.63, 3.8) is 0 Å². The summed E-state index contributed by atoms with van der Waals surface area (Å²) in [6.07, 6.45) is 5.53. The summed E-state index contributed by atoms with van der Waals surface area (Å²) < 4.78 is 1.42. The van der Waals surface area contributed by atoms with Gasteiger partial charge >= 0.3 is 0 Å². The first-order valence-corrected chi connectivity index (χ1v) is 7.62. The van der Waals surface area contributed by atoms with Gasteiger partial charge in [0.05, 0.1) is 5.69 Å². The molecule has 3 aromatic rings. The van der Waals surface area contributed by atoms with Gasteiger partial charge in [-0.05, 0) is 35.3 Å². The third-order valence-corrected chi connectivity index (χ3v) is 3.63. The second-order valence-corrected chi connectivity index (χ2v) is 5.68. The van der Waals surface area contributed by atoms with E-state index in [4.69, 9.17) is 0 Å². The Morgan fingerprint density at radius 1 is 1.04 bits per heavy atom. The van der Waals surface area contributed by atoms with Gasteiger partial charge in [0.25, 0.3) is 0 Å². The van der Waals surface area contributed by atoms with Crippen LogP contribution >= 0.6 is 0 Å². The third kappa shape index (κ3) is 3.48. The van der Waals surface area contributed by atoms with Crippen LogP contribution in [0.25, 0.3) is 18.0 Å². The van der Waals surface area contributed by atoms with Crippen LogP contribution in [0, 0.1) is 0 Å². The van der Waals surface area contributed by atoms with Gasteiger partial charge in [0.2, 0.25) is 5.88 Å². The molecule has 116 valence electrons. The molecule has 3 rings (SSSR count). The van der Waals surface area contributed by atoms with Crippen molar-refractivity contribution in [2.75, 3.05) is 0 Å². The standard InChI is InChI=1S/C19H19N3O/c1-14(2)16-9-6-15(7-10-16)8-11-17-13-19(23)22(21-17)18-5-3-4-12-20-18/h3-14,23H,1-2H3/b11-8+. The smallest absolute Gasteiger partial charge is 0.216 e. The van der Waals surface area contributed by atoms with E-state index >= 15 is 0 Å². The molecule has 1 N–H and O–H groups in total. The molecule has 23 heavy (non-hydrogen) atoms. The molecule has 0 amide bonds. The van der Waals surface area contributed by atoms with Crippen LogP contribution < -0.4 is 0 Å². The highest BCUT2D eigenvalue weighted by Crippen LogP contribution is 2.19. The first-order valence-electron chi connectivity index (χ1n) is 7.62. The molecule has 0 aliphatic heterocycles. The molecule has 0 bridgehead atoms. The Kier molecular flexibility index (Phi) is 4.24. The molecule has 1 aromatic carbocycles. The van der Waals surface area contributed by atoms with E-state index in [1.54, 1.807) is 18.3 Å². The molecule has 0 aliphatic rings. The number of hydrogen-bond acceptors (Lipinski definition) is 3. The van der Waals surface area contributed by atoms with E-state index in [2.05, 4.69) is 48.2 Å². The van der Waals surface area contributed by atoms with Gasteiger partial charge in [0, 0.05) is 12.3 Å². The summed E-state index contributed by atoms with van der Waals surface area (Å²) in [5.74, 6) is 1.18. The van der Waals surface area contributed by atoms with Gasteiger partial charge in [0.15, 0.2) is 5.82 Å². The topological polar surface area (TPSA) is 50.9 Å². The average molecular weight is 305 g/mol. The molecule has 0 fully saturated rings. The summed E-state index contributed by atoms with van der Waals surface area (Å²) in [5, 5.41) is 14.4. The zero-order valence-electron chi connectivity index (χ0n) is 13.2. The van der Waals surface area contributed by atoms with Crippen LogP contribution in [0.4, 0.5) is 0 Å². The lowest BCUT2D eigenvalue weighted by Gasteiger charge is -2.04. The number of benzene rings is 1. The lowest BCUT2D eigenvalue weighted by Crippen LogP contribution is -1.98. The van der Waals surface area contributed by atoms with Gasteiger partial charge in [-0.25, -0.2) is 4.98 Å². The maximum atomic E-state index is 10.0. The molecular weight excluding hydrogens is 286 g/mol. The number of aromatic nitrogens is 3. The highest BCUT2D eigenvalue weighted by molar-refractivity contribution is 5.68. The monoisotopic (exact) mass is 305 g/mol. The van der Waals surface area contributed by atoms with Crippen molar-refractivity contribution in [1.82, 2.24) is 14.8 Å². The van der Waals surface area contributed by atoms with Crippen molar-refractivity contribution in [1.29, 1.82) is 0 Å². The first kappa shape index (κ1) is 15.0. The molecule has 2 heterocycles. The van der Waals surface area contributed by atoms with Crippen LogP contribution in [-0.2, 0) is 0 Å². The van der Waals surface area contributed by atoms with Crippen molar-refractivity contribution in [2.45, 2.75) is 19.8 Å². The van der Waals surface area contributed by atoms with Gasteiger partial charge in [-0.2, -0.15) is 9.78 Å². The molecule has 0 aliphatic carbocycles. The highest BCUT2D eigenvalue weighted by atomic mass is 16.3. The van der Waals surface area contributed by atoms with Gasteiger partial charge in [-0.3, -0.25) is 0 Å². The summed E-state index contributed by atoms with van der Waals surface area (Å²) in [4.78, 5) is 4.18. The van der Waals surface area contributed by atoms with Crippen molar-refractivity contribution in [2.24, 2.45) is 0 Å². The van der Waals surface area contributed by atoms with Crippen molar-refractivity contribution < 1.29 is 5.11 Å². The molecule has 0 atom stereocenters. The predicted molar refractivity (Wildman–Crippen MR) is 92.5 cm³/mol. The van der Waals surface area contributed by atoms with E-state index in [0.717, 1.165) is 5.56 Å². The lowest BCUT2D eigenvalue weighted by molar-refractivity contribution is 0.432. The van der Waals surface area contributed by atoms with Gasteiger partial charge in [-0.1, -0.05) is 50.3 Å². The largest absolute Gasteiger partial charge is 0.493 e. The molecule has 4 nitrogen and oxygen atoms in total. The third-order valence-electron chi connectivity index (χ3n) is 3.63. The second kappa shape index (κ2) is 6.48. The van der Waals surface area contributed by atoms with Crippen LogP contribution in [-0.4, -0.2) is 19.9 Å². The Hall–Kier alpha value is -2.88. The van der Waals surface area contributed by atoms with Crippen molar-refractivity contribution in [3.05, 3.63) is 71.5 Å². The maximum Gasteiger partial charge on any atom is 0.216 e. The quantitative estimate of drug-likeness (QED) is 0.783. The molecule has 2 aromatic heterocycles. The summed E-state index contributed by atoms with van der Waals surface area (Å²) in [6.45, 7) is 4.36. The van der Waals surface area contributed by atoms with Crippen LogP contribution in [0.5, 0.6) is 5.88 Å². The molecule has 0 radical (unpaired) electrons. The fraction of sp³-hybridized carbons (Fsp3) is 0.158. The van der Waals surface area contributed by atoms with Gasteiger partial charge in [0.1, 0.15) is 0 Å². The minimum absolute atomic E-state index is 0.0681. The van der Waals surface area contributed by atoms with Gasteiger partial charge in [-0.15, -0.1) is 0 Å². The minimum Gasteiger partial charge on any atom is -0.493 e. The fourth-order valence-electron chi connectivity index (χ4n) is 2.29. The zero-order valence-corrected chi connectivity index (χ0v) is 13.2. The molecule has 0 saturated carbocycles. The first-order chi connectivity index (χ1) is 11.1. The summed E-state index contributed by atoms with van der Waals surface area (Å²) in [5.41, 5.74) is 3.10. The van der Waals surface area contributed by atoms with Crippen molar-refractivity contribution in [3.8, 4) is 11.7 Å². The Bertz CT molecular complexity index is 802.